The smallest absolute Gasteiger partial charge is 0.251 e. The van der Waals surface area contributed by atoms with Crippen molar-refractivity contribution in [2.45, 2.75) is 38.2 Å². The molecule has 3 nitrogen and oxygen atoms in total. The molecular formula is C17H22FNO2. The lowest BCUT2D eigenvalue weighted by Crippen LogP contribution is -2.44. The zero-order valence-corrected chi connectivity index (χ0v) is 12.3. The molecule has 0 saturated carbocycles. The number of likely N-dealkylation sites (tertiary alicyclic amines) is 1. The Morgan fingerprint density at radius 2 is 1.90 bits per heavy atom. The third-order valence-corrected chi connectivity index (χ3v) is 4.57. The molecule has 0 aliphatic carbocycles. The first kappa shape index (κ1) is 14.5. The summed E-state index contributed by atoms with van der Waals surface area (Å²) in [7, 11) is 0. The maximum Gasteiger partial charge on any atom is 0.251 e. The first-order valence-corrected chi connectivity index (χ1v) is 7.87. The van der Waals surface area contributed by atoms with Crippen molar-refractivity contribution in [2.75, 3.05) is 19.7 Å². The second kappa shape index (κ2) is 6.56. The molecule has 114 valence electrons. The number of amides is 1. The summed E-state index contributed by atoms with van der Waals surface area (Å²) in [6.45, 7) is 2.37. The minimum absolute atomic E-state index is 0.174. The van der Waals surface area contributed by atoms with E-state index >= 15 is 0 Å². The highest BCUT2D eigenvalue weighted by Gasteiger charge is 2.30. The number of carbonyl (C=O) groups is 1. The average Bonchev–Trinajstić information content (AvgIpc) is 3.04. The summed E-state index contributed by atoms with van der Waals surface area (Å²) in [5.74, 6) is 0.576. The summed E-state index contributed by atoms with van der Waals surface area (Å²) < 4.78 is 18.4. The third kappa shape index (κ3) is 3.62. The van der Waals surface area contributed by atoms with E-state index < -0.39 is 0 Å². The van der Waals surface area contributed by atoms with Crippen LogP contribution in [-0.2, 0) is 16.0 Å². The van der Waals surface area contributed by atoms with E-state index in [1.54, 1.807) is 0 Å². The molecule has 2 aliphatic heterocycles. The van der Waals surface area contributed by atoms with Gasteiger partial charge in [0.2, 0.25) is 0 Å². The molecule has 1 unspecified atom stereocenters. The number of benzene rings is 1. The third-order valence-electron chi connectivity index (χ3n) is 4.57. The topological polar surface area (TPSA) is 29.5 Å². The highest BCUT2D eigenvalue weighted by atomic mass is 19.1. The van der Waals surface area contributed by atoms with Crippen molar-refractivity contribution in [1.82, 2.24) is 4.90 Å². The number of rotatable bonds is 3. The number of piperidine rings is 1. The number of hydrogen-bond acceptors (Lipinski definition) is 2. The molecule has 0 aromatic heterocycles. The molecule has 0 bridgehead atoms. The Balaban J connectivity index is 1.48. The van der Waals surface area contributed by atoms with E-state index in [1.165, 1.54) is 17.7 Å². The van der Waals surface area contributed by atoms with E-state index in [-0.39, 0.29) is 17.8 Å². The molecular weight excluding hydrogens is 269 g/mol. The minimum atomic E-state index is -0.196. The van der Waals surface area contributed by atoms with Crippen molar-refractivity contribution < 1.29 is 13.9 Å². The molecule has 2 heterocycles. The molecule has 3 rings (SSSR count). The highest BCUT2D eigenvalue weighted by molar-refractivity contribution is 5.81. The maximum atomic E-state index is 12.9. The van der Waals surface area contributed by atoms with Crippen molar-refractivity contribution in [2.24, 2.45) is 5.92 Å². The van der Waals surface area contributed by atoms with Crippen LogP contribution in [0.25, 0.3) is 0 Å². The second-order valence-electron chi connectivity index (χ2n) is 6.10. The van der Waals surface area contributed by atoms with Gasteiger partial charge in [-0.3, -0.25) is 4.79 Å². The van der Waals surface area contributed by atoms with Crippen LogP contribution in [0.15, 0.2) is 24.3 Å². The van der Waals surface area contributed by atoms with Gasteiger partial charge in [0, 0.05) is 19.7 Å². The predicted molar refractivity (Wildman–Crippen MR) is 78.4 cm³/mol. The molecule has 0 spiro atoms. The van der Waals surface area contributed by atoms with Gasteiger partial charge in [0.15, 0.2) is 0 Å². The molecule has 1 atom stereocenters. The van der Waals surface area contributed by atoms with Crippen LogP contribution in [0.1, 0.15) is 31.2 Å². The van der Waals surface area contributed by atoms with Crippen LogP contribution in [0, 0.1) is 11.7 Å². The van der Waals surface area contributed by atoms with E-state index in [0.29, 0.717) is 5.92 Å². The number of halogens is 1. The van der Waals surface area contributed by atoms with Crippen molar-refractivity contribution in [3.8, 4) is 0 Å². The number of hydrogen-bond donors (Lipinski definition) is 0. The normalized spacial score (nSPS) is 23.5. The lowest BCUT2D eigenvalue weighted by atomic mass is 9.90. The quantitative estimate of drug-likeness (QED) is 0.857. The van der Waals surface area contributed by atoms with E-state index in [4.69, 9.17) is 4.74 Å². The van der Waals surface area contributed by atoms with Gasteiger partial charge in [0.05, 0.1) is 0 Å². The van der Waals surface area contributed by atoms with Gasteiger partial charge in [0.25, 0.3) is 5.91 Å². The fourth-order valence-corrected chi connectivity index (χ4v) is 3.29. The Labute approximate surface area is 125 Å². The molecule has 2 fully saturated rings. The van der Waals surface area contributed by atoms with E-state index in [1.807, 2.05) is 17.0 Å². The van der Waals surface area contributed by atoms with Crippen molar-refractivity contribution in [3.63, 3.8) is 0 Å². The Hall–Kier alpha value is -1.42. The molecule has 0 radical (unpaired) electrons. The summed E-state index contributed by atoms with van der Waals surface area (Å²) in [6.07, 6.45) is 4.69. The van der Waals surface area contributed by atoms with Crippen LogP contribution in [0.3, 0.4) is 0 Å². The van der Waals surface area contributed by atoms with E-state index in [9.17, 15) is 9.18 Å². The maximum absolute atomic E-state index is 12.9. The van der Waals surface area contributed by atoms with Crippen LogP contribution in [0.4, 0.5) is 4.39 Å². The number of ether oxygens (including phenoxy) is 1. The summed E-state index contributed by atoms with van der Waals surface area (Å²) in [5.41, 5.74) is 1.18. The standard InChI is InChI=1S/C17H22FNO2/c18-15-5-3-13(4-6-15)12-14-7-9-19(10-8-14)17(20)16-2-1-11-21-16/h3-6,14,16H,1-2,7-12H2. The van der Waals surface area contributed by atoms with Crippen LogP contribution < -0.4 is 0 Å². The zero-order valence-electron chi connectivity index (χ0n) is 12.3. The van der Waals surface area contributed by atoms with Crippen LogP contribution in [0.5, 0.6) is 0 Å². The van der Waals surface area contributed by atoms with Crippen molar-refractivity contribution >= 4 is 5.91 Å². The van der Waals surface area contributed by atoms with Crippen molar-refractivity contribution in [3.05, 3.63) is 35.6 Å². The molecule has 21 heavy (non-hydrogen) atoms. The molecule has 1 amide bonds. The molecule has 1 aromatic carbocycles. The van der Waals surface area contributed by atoms with Crippen LogP contribution in [0.2, 0.25) is 0 Å². The largest absolute Gasteiger partial charge is 0.368 e. The summed E-state index contributed by atoms with van der Waals surface area (Å²) in [6, 6.07) is 6.76. The molecule has 0 N–H and O–H groups in total. The fourth-order valence-electron chi connectivity index (χ4n) is 3.29. The van der Waals surface area contributed by atoms with Crippen molar-refractivity contribution in [1.29, 1.82) is 0 Å². The van der Waals surface area contributed by atoms with Gasteiger partial charge >= 0.3 is 0 Å². The molecule has 4 heteroatoms. The summed E-state index contributed by atoms with van der Waals surface area (Å²) in [4.78, 5) is 14.2. The van der Waals surface area contributed by atoms with Gasteiger partial charge in [-0.25, -0.2) is 4.39 Å². The highest BCUT2D eigenvalue weighted by Crippen LogP contribution is 2.24. The number of nitrogens with zero attached hydrogens (tertiary/aromatic N) is 1. The van der Waals surface area contributed by atoms with Crippen LogP contribution >= 0.6 is 0 Å². The Morgan fingerprint density at radius 3 is 2.52 bits per heavy atom. The predicted octanol–water partition coefficient (Wildman–Crippen LogP) is 2.79. The first-order chi connectivity index (χ1) is 10.2. The Kier molecular flexibility index (Phi) is 4.54. The van der Waals surface area contributed by atoms with Gasteiger partial charge in [0.1, 0.15) is 11.9 Å². The average molecular weight is 291 g/mol. The minimum Gasteiger partial charge on any atom is -0.368 e. The van der Waals surface area contributed by atoms with Gasteiger partial charge in [-0.05, 0) is 55.7 Å². The summed E-state index contributed by atoms with van der Waals surface area (Å²) >= 11 is 0. The van der Waals surface area contributed by atoms with Gasteiger partial charge < -0.3 is 9.64 Å². The van der Waals surface area contributed by atoms with Gasteiger partial charge in [-0.15, -0.1) is 0 Å². The second-order valence-corrected chi connectivity index (χ2v) is 6.10. The first-order valence-electron chi connectivity index (χ1n) is 7.87. The molecule has 2 saturated heterocycles. The lowest BCUT2D eigenvalue weighted by molar-refractivity contribution is -0.142. The Morgan fingerprint density at radius 1 is 1.19 bits per heavy atom. The Bertz CT molecular complexity index is 474. The van der Waals surface area contributed by atoms with Gasteiger partial charge in [-0.1, -0.05) is 12.1 Å². The summed E-state index contributed by atoms with van der Waals surface area (Å²) in [5, 5.41) is 0. The fraction of sp³-hybridized carbons (Fsp3) is 0.588. The molecule has 1 aromatic rings. The molecule has 2 aliphatic rings. The van der Waals surface area contributed by atoms with E-state index in [2.05, 4.69) is 0 Å². The van der Waals surface area contributed by atoms with E-state index in [0.717, 1.165) is 51.8 Å². The number of carbonyl (C=O) groups excluding carboxylic acids is 1. The van der Waals surface area contributed by atoms with Crippen LogP contribution in [-0.4, -0.2) is 36.6 Å². The SMILES string of the molecule is O=C(C1CCCO1)N1CCC(Cc2ccc(F)cc2)CC1. The zero-order chi connectivity index (χ0) is 14.7. The van der Waals surface area contributed by atoms with Gasteiger partial charge in [-0.2, -0.15) is 0 Å². The lowest BCUT2D eigenvalue weighted by Gasteiger charge is -2.33. The monoisotopic (exact) mass is 291 g/mol.